The number of aromatic nitrogens is 1. The van der Waals surface area contributed by atoms with E-state index in [1.807, 2.05) is 32.9 Å². The molecule has 1 aromatic heterocycles. The Hall–Kier alpha value is -3.33. The first-order valence-corrected chi connectivity index (χ1v) is 14.3. The van der Waals surface area contributed by atoms with E-state index in [4.69, 9.17) is 9.47 Å². The molecule has 0 aliphatic carbocycles. The van der Waals surface area contributed by atoms with E-state index in [1.165, 1.54) is 16.7 Å². The summed E-state index contributed by atoms with van der Waals surface area (Å²) in [6.45, 7) is 11.8. The maximum Gasteiger partial charge on any atom is 0.420 e. The van der Waals surface area contributed by atoms with Crippen LogP contribution < -0.4 is 0 Å². The number of carbonyl (C=O) groups excluding carboxylic acids is 2. The van der Waals surface area contributed by atoms with Gasteiger partial charge in [-0.2, -0.15) is 0 Å². The molecular formula is C29H36N2O6S. The van der Waals surface area contributed by atoms with Gasteiger partial charge < -0.3 is 14.4 Å². The number of fused-ring (bicyclic) bond motifs is 1. The van der Waals surface area contributed by atoms with Crippen LogP contribution in [0.3, 0.4) is 0 Å². The number of likely N-dealkylation sites (tertiary alicyclic amines) is 1. The van der Waals surface area contributed by atoms with E-state index >= 15 is 0 Å². The van der Waals surface area contributed by atoms with Crippen molar-refractivity contribution in [2.75, 3.05) is 13.1 Å². The first-order valence-electron chi connectivity index (χ1n) is 12.8. The summed E-state index contributed by atoms with van der Waals surface area (Å²) in [5, 5.41) is 0.551. The molecule has 1 saturated heterocycles. The summed E-state index contributed by atoms with van der Waals surface area (Å²) in [4.78, 5) is 27.7. The van der Waals surface area contributed by atoms with Crippen LogP contribution in [0.25, 0.3) is 10.9 Å². The molecule has 0 N–H and O–H groups in total. The molecule has 1 amide bonds. The van der Waals surface area contributed by atoms with Crippen molar-refractivity contribution in [1.29, 1.82) is 0 Å². The Bertz CT molecular complexity index is 1440. The standard InChI is InChI=1S/C29H36N2O6S/c1-28(2,3)36-26(32)30-17-15-20(16-18-30)22-13-10-14-24-23(22)19-25(31(24)27(33)37-29(4,5)6)38(34,35)21-11-8-7-9-12-21/h7-14,19-20H,15-18H2,1-6H3. The fourth-order valence-corrected chi connectivity index (χ4v) is 6.14. The van der Waals surface area contributed by atoms with Crippen LogP contribution in [0.15, 0.2) is 64.5 Å². The molecule has 38 heavy (non-hydrogen) atoms. The van der Waals surface area contributed by atoms with Gasteiger partial charge in [-0.05, 0) is 90.1 Å². The third kappa shape index (κ3) is 5.88. The van der Waals surface area contributed by atoms with Crippen molar-refractivity contribution >= 4 is 32.9 Å². The maximum atomic E-state index is 13.7. The molecule has 3 aromatic rings. The first kappa shape index (κ1) is 27.7. The molecular weight excluding hydrogens is 504 g/mol. The minimum absolute atomic E-state index is 0.0825. The number of nitrogens with zero attached hydrogens (tertiary/aromatic N) is 2. The van der Waals surface area contributed by atoms with Gasteiger partial charge in [0.2, 0.25) is 9.84 Å². The molecule has 0 saturated carbocycles. The fraction of sp³-hybridized carbons (Fsp3) is 0.448. The fourth-order valence-electron chi connectivity index (χ4n) is 4.70. The van der Waals surface area contributed by atoms with Gasteiger partial charge >= 0.3 is 12.2 Å². The molecule has 0 bridgehead atoms. The second-order valence-corrected chi connectivity index (χ2v) is 13.5. The quantitative estimate of drug-likeness (QED) is 0.383. The van der Waals surface area contributed by atoms with Crippen LogP contribution in [-0.4, -0.2) is 54.4 Å². The van der Waals surface area contributed by atoms with Crippen LogP contribution >= 0.6 is 0 Å². The van der Waals surface area contributed by atoms with Crippen molar-refractivity contribution in [2.24, 2.45) is 0 Å². The number of piperidine rings is 1. The molecule has 0 unspecified atom stereocenters. The monoisotopic (exact) mass is 540 g/mol. The lowest BCUT2D eigenvalue weighted by atomic mass is 9.87. The van der Waals surface area contributed by atoms with Gasteiger partial charge in [0.15, 0.2) is 5.03 Å². The summed E-state index contributed by atoms with van der Waals surface area (Å²) >= 11 is 0. The summed E-state index contributed by atoms with van der Waals surface area (Å²) in [6, 6.07) is 15.2. The smallest absolute Gasteiger partial charge is 0.420 e. The minimum Gasteiger partial charge on any atom is -0.444 e. The van der Waals surface area contributed by atoms with Gasteiger partial charge in [-0.15, -0.1) is 0 Å². The van der Waals surface area contributed by atoms with Gasteiger partial charge in [0.25, 0.3) is 0 Å². The normalized spacial score (nSPS) is 15.5. The van der Waals surface area contributed by atoms with E-state index < -0.39 is 27.1 Å². The Morgan fingerprint density at radius 3 is 1.97 bits per heavy atom. The predicted octanol–water partition coefficient (Wildman–Crippen LogP) is 6.37. The summed E-state index contributed by atoms with van der Waals surface area (Å²) in [6.07, 6.45) is 0.299. The van der Waals surface area contributed by atoms with Gasteiger partial charge in [0.05, 0.1) is 10.4 Å². The van der Waals surface area contributed by atoms with Crippen molar-refractivity contribution < 1.29 is 27.5 Å². The third-order valence-corrected chi connectivity index (χ3v) is 8.08. The minimum atomic E-state index is -4.02. The second-order valence-electron chi connectivity index (χ2n) is 11.6. The Balaban J connectivity index is 1.75. The number of amides is 1. The van der Waals surface area contributed by atoms with Crippen LogP contribution in [0, 0.1) is 0 Å². The Morgan fingerprint density at radius 1 is 0.816 bits per heavy atom. The number of carbonyl (C=O) groups is 2. The predicted molar refractivity (Wildman–Crippen MR) is 145 cm³/mol. The van der Waals surface area contributed by atoms with Crippen LogP contribution in [0.4, 0.5) is 9.59 Å². The van der Waals surface area contributed by atoms with E-state index in [9.17, 15) is 18.0 Å². The second kappa shape index (κ2) is 10.1. The summed E-state index contributed by atoms with van der Waals surface area (Å²) in [5.74, 6) is 0.0825. The average molecular weight is 541 g/mol. The van der Waals surface area contributed by atoms with Crippen LogP contribution in [-0.2, 0) is 19.3 Å². The summed E-state index contributed by atoms with van der Waals surface area (Å²) < 4.78 is 39.8. The molecule has 1 aliphatic rings. The number of sulfone groups is 1. The highest BCUT2D eigenvalue weighted by atomic mass is 32.2. The number of rotatable bonds is 3. The first-order chi connectivity index (χ1) is 17.7. The number of hydrogen-bond acceptors (Lipinski definition) is 6. The van der Waals surface area contributed by atoms with E-state index in [1.54, 1.807) is 56.0 Å². The topological polar surface area (TPSA) is 94.9 Å². The largest absolute Gasteiger partial charge is 0.444 e. The van der Waals surface area contributed by atoms with E-state index in [2.05, 4.69) is 0 Å². The number of benzene rings is 2. The zero-order valence-corrected chi connectivity index (χ0v) is 23.7. The van der Waals surface area contributed by atoms with E-state index in [0.29, 0.717) is 36.8 Å². The van der Waals surface area contributed by atoms with Gasteiger partial charge in [-0.25, -0.2) is 22.6 Å². The van der Waals surface area contributed by atoms with E-state index in [-0.39, 0.29) is 21.9 Å². The summed E-state index contributed by atoms with van der Waals surface area (Å²) in [5.41, 5.74) is 0.0390. The highest BCUT2D eigenvalue weighted by Crippen LogP contribution is 2.37. The molecule has 9 heteroatoms. The van der Waals surface area contributed by atoms with Crippen molar-refractivity contribution in [3.8, 4) is 0 Å². The van der Waals surface area contributed by atoms with Crippen molar-refractivity contribution in [1.82, 2.24) is 9.47 Å². The lowest BCUT2D eigenvalue weighted by Gasteiger charge is -2.33. The lowest BCUT2D eigenvalue weighted by Crippen LogP contribution is -2.41. The van der Waals surface area contributed by atoms with Crippen LogP contribution in [0.1, 0.15) is 65.9 Å². The molecule has 2 heterocycles. The van der Waals surface area contributed by atoms with Crippen molar-refractivity contribution in [3.05, 3.63) is 60.2 Å². The van der Waals surface area contributed by atoms with Gasteiger partial charge in [-0.1, -0.05) is 30.3 Å². The highest BCUT2D eigenvalue weighted by Gasteiger charge is 2.33. The maximum absolute atomic E-state index is 13.7. The third-order valence-electron chi connectivity index (χ3n) is 6.34. The van der Waals surface area contributed by atoms with Crippen molar-refractivity contribution in [2.45, 2.75) is 81.4 Å². The molecule has 4 rings (SSSR count). The van der Waals surface area contributed by atoms with Gasteiger partial charge in [0, 0.05) is 18.5 Å². The number of hydrogen-bond donors (Lipinski definition) is 0. The van der Waals surface area contributed by atoms with Gasteiger partial charge in [-0.3, -0.25) is 0 Å². The highest BCUT2D eigenvalue weighted by molar-refractivity contribution is 7.91. The van der Waals surface area contributed by atoms with Crippen LogP contribution in [0.5, 0.6) is 0 Å². The molecule has 204 valence electrons. The molecule has 8 nitrogen and oxygen atoms in total. The molecule has 2 aromatic carbocycles. The zero-order valence-electron chi connectivity index (χ0n) is 22.9. The van der Waals surface area contributed by atoms with Crippen molar-refractivity contribution in [3.63, 3.8) is 0 Å². The average Bonchev–Trinajstić information content (AvgIpc) is 3.23. The lowest BCUT2D eigenvalue weighted by molar-refractivity contribution is 0.0204. The Kier molecular flexibility index (Phi) is 7.36. The number of ether oxygens (including phenoxy) is 2. The molecule has 0 spiro atoms. The molecule has 1 aliphatic heterocycles. The SMILES string of the molecule is CC(C)(C)OC(=O)N1CCC(c2cccc3c2cc(S(=O)(=O)c2ccccc2)n3C(=O)OC(C)(C)C)CC1. The van der Waals surface area contributed by atoms with Crippen LogP contribution in [0.2, 0.25) is 0 Å². The molecule has 0 atom stereocenters. The zero-order chi connectivity index (χ0) is 27.9. The summed E-state index contributed by atoms with van der Waals surface area (Å²) in [7, 11) is -4.02. The van der Waals surface area contributed by atoms with E-state index in [0.717, 1.165) is 5.56 Å². The molecule has 1 fully saturated rings. The Morgan fingerprint density at radius 2 is 1.39 bits per heavy atom. The Labute approximate surface area is 224 Å². The molecule has 0 radical (unpaired) electrons. The van der Waals surface area contributed by atoms with Gasteiger partial charge in [0.1, 0.15) is 11.2 Å².